The van der Waals surface area contributed by atoms with Crippen LogP contribution in [0.4, 0.5) is 0 Å². The highest BCUT2D eigenvalue weighted by Crippen LogP contribution is 2.27. The number of rotatable bonds is 4. The second-order valence-corrected chi connectivity index (χ2v) is 13.3. The summed E-state index contributed by atoms with van der Waals surface area (Å²) in [5, 5.41) is 16.9. The first-order valence-corrected chi connectivity index (χ1v) is 16.9. The molecule has 3 atom stereocenters. The summed E-state index contributed by atoms with van der Waals surface area (Å²) in [6.07, 6.45) is 3.63. The first-order valence-electron chi connectivity index (χ1n) is 15.1. The van der Waals surface area contributed by atoms with Gasteiger partial charge in [-0.25, -0.2) is 9.97 Å². The van der Waals surface area contributed by atoms with E-state index in [1.165, 1.54) is 22.7 Å². The molecule has 5 rings (SSSR count). The Hall–Kier alpha value is -3.39. The zero-order chi connectivity index (χ0) is 31.1. The highest BCUT2D eigenvalue weighted by Gasteiger charge is 2.29. The lowest BCUT2D eigenvalue weighted by atomic mass is 10.0. The van der Waals surface area contributed by atoms with E-state index >= 15 is 0 Å². The van der Waals surface area contributed by atoms with Crippen molar-refractivity contribution in [1.29, 1.82) is 0 Å². The van der Waals surface area contributed by atoms with Gasteiger partial charge in [0, 0.05) is 23.8 Å². The van der Waals surface area contributed by atoms with Crippen molar-refractivity contribution in [2.24, 2.45) is 5.92 Å². The van der Waals surface area contributed by atoms with E-state index in [1.54, 1.807) is 15.7 Å². The quantitative estimate of drug-likeness (QED) is 0.331. The lowest BCUT2D eigenvalue weighted by Crippen LogP contribution is -2.52. The molecular weight excluding hydrogens is 634 g/mol. The third-order valence-corrected chi connectivity index (χ3v) is 9.68. The highest BCUT2D eigenvalue weighted by molar-refractivity contribution is 7.10. The maximum atomic E-state index is 13.5. The Balaban J connectivity index is 0.00000461. The molecule has 0 saturated carbocycles. The van der Waals surface area contributed by atoms with Crippen LogP contribution in [-0.4, -0.2) is 70.7 Å². The van der Waals surface area contributed by atoms with Crippen LogP contribution in [0.3, 0.4) is 0 Å². The number of hydrogen-bond donors (Lipinski definition) is 4. The molecule has 11 nitrogen and oxygen atoms in total. The molecule has 2 aliphatic heterocycles. The monoisotopic (exact) mass is 673 g/mol. The Morgan fingerprint density at radius 2 is 1.64 bits per heavy atom. The van der Waals surface area contributed by atoms with Crippen molar-refractivity contribution in [3.8, 4) is 0 Å². The van der Waals surface area contributed by atoms with E-state index in [-0.39, 0.29) is 65.9 Å². The van der Waals surface area contributed by atoms with Gasteiger partial charge < -0.3 is 26.2 Å². The van der Waals surface area contributed by atoms with Crippen molar-refractivity contribution < 1.29 is 19.2 Å². The van der Waals surface area contributed by atoms with Gasteiger partial charge in [-0.1, -0.05) is 50.6 Å². The fourth-order valence-corrected chi connectivity index (χ4v) is 7.26. The van der Waals surface area contributed by atoms with Gasteiger partial charge in [-0.05, 0) is 43.7 Å². The van der Waals surface area contributed by atoms with Crippen LogP contribution in [0.5, 0.6) is 0 Å². The van der Waals surface area contributed by atoms with E-state index < -0.39 is 12.1 Å². The fourth-order valence-electron chi connectivity index (χ4n) is 5.39. The molecule has 2 aliphatic rings. The average molecular weight is 674 g/mol. The van der Waals surface area contributed by atoms with Gasteiger partial charge in [-0.2, -0.15) is 0 Å². The van der Waals surface area contributed by atoms with Crippen molar-refractivity contribution in [3.05, 3.63) is 68.1 Å². The van der Waals surface area contributed by atoms with Crippen molar-refractivity contribution in [3.63, 3.8) is 0 Å². The van der Waals surface area contributed by atoms with Crippen LogP contribution in [0, 0.1) is 5.92 Å². The topological polar surface area (TPSA) is 145 Å². The number of fused-ring (bicyclic) bond motifs is 4. The Labute approximate surface area is 277 Å². The summed E-state index contributed by atoms with van der Waals surface area (Å²) in [4.78, 5) is 64.1. The van der Waals surface area contributed by atoms with Crippen LogP contribution in [0.25, 0.3) is 0 Å². The molecule has 0 radical (unpaired) electrons. The SMILES string of the molecule is CC(C)[C@@H]1NC(=O)c2csc(n2)[C@H](Cc2ccccc2)NC(=O)CN(C(=O)[C@H]2CCCCN2)CCCNC(=O)c2csc1n2.Cl. The van der Waals surface area contributed by atoms with Crippen molar-refractivity contribution >= 4 is 58.7 Å². The van der Waals surface area contributed by atoms with Crippen LogP contribution in [-0.2, 0) is 16.0 Å². The molecule has 3 aromatic rings. The molecule has 4 N–H and O–H groups in total. The van der Waals surface area contributed by atoms with Crippen LogP contribution in [0.1, 0.15) is 88.2 Å². The summed E-state index contributed by atoms with van der Waals surface area (Å²) < 4.78 is 0. The number of nitrogens with one attached hydrogen (secondary N) is 4. The van der Waals surface area contributed by atoms with Gasteiger partial charge >= 0.3 is 0 Å². The molecule has 1 fully saturated rings. The number of halogens is 1. The average Bonchev–Trinajstić information content (AvgIpc) is 3.72. The van der Waals surface area contributed by atoms with E-state index in [0.717, 1.165) is 31.4 Å². The molecule has 4 bridgehead atoms. The number of hydrogen-bond acceptors (Lipinski definition) is 9. The Kier molecular flexibility index (Phi) is 12.5. The predicted molar refractivity (Wildman–Crippen MR) is 177 cm³/mol. The lowest BCUT2D eigenvalue weighted by molar-refractivity contribution is -0.138. The molecule has 1 saturated heterocycles. The minimum atomic E-state index is -0.495. The summed E-state index contributed by atoms with van der Waals surface area (Å²) >= 11 is 2.64. The summed E-state index contributed by atoms with van der Waals surface area (Å²) in [5.74, 6) is -1.09. The number of amides is 4. The van der Waals surface area contributed by atoms with Crippen LogP contribution in [0.2, 0.25) is 0 Å². The third-order valence-electron chi connectivity index (χ3n) is 7.79. The van der Waals surface area contributed by atoms with Crippen LogP contribution >= 0.6 is 35.1 Å². The predicted octanol–water partition coefficient (Wildman–Crippen LogP) is 3.65. The second-order valence-electron chi connectivity index (χ2n) is 11.5. The van der Waals surface area contributed by atoms with Gasteiger partial charge in [0.25, 0.3) is 11.8 Å². The molecule has 1 aromatic carbocycles. The minimum Gasteiger partial charge on any atom is -0.351 e. The standard InChI is InChI=1S/C31H39N7O4S2.ClH/c1-19(2)26-30-36-23(17-44-30)27(40)33-13-8-14-38(31(42)21-11-6-7-12-32-21)16-25(39)34-22(15-20-9-4-3-5-10-20)29-35-24(18-43-29)28(41)37-26;/h3-5,9-10,17-19,21-22,26,32H,6-8,11-16H2,1-2H3,(H,33,40)(H,34,39)(H,37,41);1H/t21-,22+,26+;/m1./s1. The minimum absolute atomic E-state index is 0. The first-order chi connectivity index (χ1) is 21.3. The van der Waals surface area contributed by atoms with Gasteiger partial charge in [-0.15, -0.1) is 35.1 Å². The van der Waals surface area contributed by atoms with Crippen molar-refractivity contribution in [1.82, 2.24) is 36.1 Å². The molecule has 4 heterocycles. The van der Waals surface area contributed by atoms with Crippen LogP contribution in [0.15, 0.2) is 41.1 Å². The van der Waals surface area contributed by atoms with Gasteiger partial charge in [0.2, 0.25) is 11.8 Å². The van der Waals surface area contributed by atoms with E-state index in [0.29, 0.717) is 35.9 Å². The zero-order valence-corrected chi connectivity index (χ0v) is 27.9. The molecule has 0 unspecified atom stereocenters. The summed E-state index contributed by atoms with van der Waals surface area (Å²) in [6.45, 7) is 5.23. The number of carbonyl (C=O) groups is 4. The van der Waals surface area contributed by atoms with Gasteiger partial charge in [0.15, 0.2) is 0 Å². The lowest BCUT2D eigenvalue weighted by Gasteiger charge is -2.30. The molecule has 2 aromatic heterocycles. The number of thiazole rings is 2. The molecule has 4 amide bonds. The summed E-state index contributed by atoms with van der Waals surface area (Å²) in [6, 6.07) is 8.53. The Morgan fingerprint density at radius 1 is 0.933 bits per heavy atom. The number of carbonyl (C=O) groups excluding carboxylic acids is 4. The van der Waals surface area contributed by atoms with Crippen molar-refractivity contribution in [2.75, 3.05) is 26.2 Å². The van der Waals surface area contributed by atoms with E-state index in [4.69, 9.17) is 0 Å². The summed E-state index contributed by atoms with van der Waals surface area (Å²) in [7, 11) is 0. The normalized spacial score (nSPS) is 21.8. The molecule has 45 heavy (non-hydrogen) atoms. The number of nitrogens with zero attached hydrogens (tertiary/aromatic N) is 3. The van der Waals surface area contributed by atoms with Crippen LogP contribution < -0.4 is 21.3 Å². The van der Waals surface area contributed by atoms with E-state index in [9.17, 15) is 19.2 Å². The zero-order valence-electron chi connectivity index (χ0n) is 25.4. The van der Waals surface area contributed by atoms with E-state index in [1.807, 2.05) is 44.2 Å². The molecular formula is C31H40ClN7O4S2. The molecule has 242 valence electrons. The first kappa shape index (κ1) is 34.5. The Bertz CT molecular complexity index is 1460. The molecule has 14 heteroatoms. The molecule has 0 aliphatic carbocycles. The number of piperidine rings is 1. The van der Waals surface area contributed by atoms with Gasteiger partial charge in [-0.3, -0.25) is 19.2 Å². The highest BCUT2D eigenvalue weighted by atomic mass is 35.5. The number of aromatic nitrogens is 2. The summed E-state index contributed by atoms with van der Waals surface area (Å²) in [5.41, 5.74) is 1.53. The smallest absolute Gasteiger partial charge is 0.271 e. The fraction of sp³-hybridized carbons (Fsp3) is 0.484. The van der Waals surface area contributed by atoms with E-state index in [2.05, 4.69) is 31.2 Å². The third kappa shape index (κ3) is 9.09. The second kappa shape index (κ2) is 16.3. The number of benzene rings is 1. The van der Waals surface area contributed by atoms with Gasteiger partial charge in [0.1, 0.15) is 21.4 Å². The maximum Gasteiger partial charge on any atom is 0.271 e. The van der Waals surface area contributed by atoms with Crippen molar-refractivity contribution in [2.45, 2.75) is 64.1 Å². The van der Waals surface area contributed by atoms with Gasteiger partial charge in [0.05, 0.1) is 24.7 Å². The Morgan fingerprint density at radius 3 is 2.36 bits per heavy atom. The molecule has 0 spiro atoms. The largest absolute Gasteiger partial charge is 0.351 e. The maximum absolute atomic E-state index is 13.5.